The molecule has 0 aromatic carbocycles. The number of ether oxygens (including phenoxy) is 2. The van der Waals surface area contributed by atoms with E-state index in [9.17, 15) is 0 Å². The summed E-state index contributed by atoms with van der Waals surface area (Å²) < 4.78 is 10.2. The lowest BCUT2D eigenvalue weighted by Gasteiger charge is -2.05. The maximum absolute atomic E-state index is 5.33. The molecule has 4 heteroatoms. The number of pyridine rings is 1. The van der Waals surface area contributed by atoms with Gasteiger partial charge in [-0.3, -0.25) is 0 Å². The third kappa shape index (κ3) is 6.04. The van der Waals surface area contributed by atoms with Gasteiger partial charge in [0.1, 0.15) is 5.82 Å². The van der Waals surface area contributed by atoms with E-state index in [1.165, 1.54) is 0 Å². The Balaban J connectivity index is 1.93. The van der Waals surface area contributed by atoms with E-state index in [-0.39, 0.29) is 0 Å². The van der Waals surface area contributed by atoms with Gasteiger partial charge in [0, 0.05) is 26.5 Å². The van der Waals surface area contributed by atoms with Gasteiger partial charge in [0.25, 0.3) is 0 Å². The van der Waals surface area contributed by atoms with Crippen molar-refractivity contribution in [1.82, 2.24) is 4.98 Å². The summed E-state index contributed by atoms with van der Waals surface area (Å²) in [6.07, 6.45) is 2.75. The summed E-state index contributed by atoms with van der Waals surface area (Å²) >= 11 is 0. The van der Waals surface area contributed by atoms with Crippen molar-refractivity contribution in [3.8, 4) is 0 Å². The van der Waals surface area contributed by atoms with Crippen LogP contribution in [0.5, 0.6) is 0 Å². The largest absolute Gasteiger partial charge is 0.382 e. The standard InChI is InChI=1S/C11H18N2O2/c1-14-9-10-15-8-4-7-13-11-5-2-3-6-12-11/h2-3,5-6H,4,7-10H2,1H3,(H,12,13). The highest BCUT2D eigenvalue weighted by Crippen LogP contribution is 1.99. The van der Waals surface area contributed by atoms with E-state index in [2.05, 4.69) is 10.3 Å². The smallest absolute Gasteiger partial charge is 0.125 e. The molecule has 0 aliphatic carbocycles. The fourth-order valence-corrected chi connectivity index (χ4v) is 1.10. The zero-order valence-electron chi connectivity index (χ0n) is 9.11. The van der Waals surface area contributed by atoms with Crippen LogP contribution in [0.15, 0.2) is 24.4 Å². The molecule has 0 saturated heterocycles. The van der Waals surface area contributed by atoms with Crippen LogP contribution >= 0.6 is 0 Å². The molecule has 0 saturated carbocycles. The van der Waals surface area contributed by atoms with Gasteiger partial charge >= 0.3 is 0 Å². The molecule has 1 N–H and O–H groups in total. The third-order valence-corrected chi connectivity index (χ3v) is 1.87. The van der Waals surface area contributed by atoms with E-state index in [0.717, 1.165) is 25.4 Å². The van der Waals surface area contributed by atoms with Crippen LogP contribution in [-0.4, -0.2) is 38.5 Å². The van der Waals surface area contributed by atoms with Gasteiger partial charge in [-0.1, -0.05) is 6.07 Å². The van der Waals surface area contributed by atoms with E-state index in [1.807, 2.05) is 18.2 Å². The number of nitrogens with one attached hydrogen (secondary N) is 1. The number of anilines is 1. The van der Waals surface area contributed by atoms with Crippen molar-refractivity contribution in [2.75, 3.05) is 38.8 Å². The number of methoxy groups -OCH3 is 1. The molecule has 0 bridgehead atoms. The zero-order chi connectivity index (χ0) is 10.8. The first-order chi connectivity index (χ1) is 7.43. The Kier molecular flexibility index (Phi) is 6.53. The van der Waals surface area contributed by atoms with Crippen molar-refractivity contribution in [3.05, 3.63) is 24.4 Å². The first-order valence-corrected chi connectivity index (χ1v) is 5.15. The van der Waals surface area contributed by atoms with E-state index >= 15 is 0 Å². The summed E-state index contributed by atoms with van der Waals surface area (Å²) in [5.41, 5.74) is 0. The predicted molar refractivity (Wildman–Crippen MR) is 60.0 cm³/mol. The molecule has 0 amide bonds. The van der Waals surface area contributed by atoms with Crippen LogP contribution in [0.2, 0.25) is 0 Å². The predicted octanol–water partition coefficient (Wildman–Crippen LogP) is 1.55. The Labute approximate surface area is 90.6 Å². The van der Waals surface area contributed by atoms with Crippen LogP contribution in [-0.2, 0) is 9.47 Å². The Morgan fingerprint density at radius 1 is 1.27 bits per heavy atom. The molecule has 1 aromatic rings. The minimum absolute atomic E-state index is 0.660. The number of hydrogen-bond donors (Lipinski definition) is 1. The lowest BCUT2D eigenvalue weighted by molar-refractivity contribution is 0.0705. The maximum Gasteiger partial charge on any atom is 0.125 e. The third-order valence-electron chi connectivity index (χ3n) is 1.87. The summed E-state index contributed by atoms with van der Waals surface area (Å²) in [6, 6.07) is 5.81. The van der Waals surface area contributed by atoms with Crippen LogP contribution < -0.4 is 5.32 Å². The van der Waals surface area contributed by atoms with Gasteiger partial charge in [-0.15, -0.1) is 0 Å². The summed E-state index contributed by atoms with van der Waals surface area (Å²) in [5.74, 6) is 0.911. The Morgan fingerprint density at radius 3 is 2.93 bits per heavy atom. The van der Waals surface area contributed by atoms with E-state index in [4.69, 9.17) is 9.47 Å². The fraction of sp³-hybridized carbons (Fsp3) is 0.545. The number of aromatic nitrogens is 1. The zero-order valence-corrected chi connectivity index (χ0v) is 9.11. The Bertz CT molecular complexity index is 242. The molecule has 0 aliphatic rings. The van der Waals surface area contributed by atoms with Gasteiger partial charge in [-0.2, -0.15) is 0 Å². The number of hydrogen-bond acceptors (Lipinski definition) is 4. The van der Waals surface area contributed by atoms with E-state index in [1.54, 1.807) is 13.3 Å². The van der Waals surface area contributed by atoms with Crippen molar-refractivity contribution in [2.24, 2.45) is 0 Å². The van der Waals surface area contributed by atoms with Crippen LogP contribution in [0.25, 0.3) is 0 Å². The second-order valence-corrected chi connectivity index (χ2v) is 3.10. The highest BCUT2D eigenvalue weighted by molar-refractivity contribution is 5.32. The van der Waals surface area contributed by atoms with Gasteiger partial charge < -0.3 is 14.8 Å². The van der Waals surface area contributed by atoms with Gasteiger partial charge in [-0.05, 0) is 18.6 Å². The number of rotatable bonds is 8. The molecular weight excluding hydrogens is 192 g/mol. The van der Waals surface area contributed by atoms with Crippen molar-refractivity contribution in [1.29, 1.82) is 0 Å². The molecular formula is C11H18N2O2. The molecule has 4 nitrogen and oxygen atoms in total. The molecule has 0 radical (unpaired) electrons. The summed E-state index contributed by atoms with van der Waals surface area (Å²) in [5, 5.41) is 3.21. The van der Waals surface area contributed by atoms with Crippen molar-refractivity contribution in [3.63, 3.8) is 0 Å². The minimum atomic E-state index is 0.660. The fourth-order valence-electron chi connectivity index (χ4n) is 1.10. The number of nitrogens with zero attached hydrogens (tertiary/aromatic N) is 1. The van der Waals surface area contributed by atoms with Crippen molar-refractivity contribution >= 4 is 5.82 Å². The van der Waals surface area contributed by atoms with E-state index < -0.39 is 0 Å². The molecule has 1 aromatic heterocycles. The quantitative estimate of drug-likeness (QED) is 0.661. The summed E-state index contributed by atoms with van der Waals surface area (Å²) in [4.78, 5) is 4.15. The molecule has 0 aliphatic heterocycles. The van der Waals surface area contributed by atoms with Gasteiger partial charge in [0.15, 0.2) is 0 Å². The lowest BCUT2D eigenvalue weighted by Crippen LogP contribution is -2.08. The lowest BCUT2D eigenvalue weighted by atomic mass is 10.4. The molecule has 0 fully saturated rings. The monoisotopic (exact) mass is 210 g/mol. The van der Waals surface area contributed by atoms with Gasteiger partial charge in [-0.25, -0.2) is 4.98 Å². The summed E-state index contributed by atoms with van der Waals surface area (Å²) in [6.45, 7) is 2.96. The SMILES string of the molecule is COCCOCCCNc1ccccn1. The van der Waals surface area contributed by atoms with Crippen LogP contribution in [0.4, 0.5) is 5.82 Å². The molecule has 0 spiro atoms. The topological polar surface area (TPSA) is 43.4 Å². The molecule has 1 rings (SSSR count). The normalized spacial score (nSPS) is 10.2. The van der Waals surface area contributed by atoms with Crippen LogP contribution in [0, 0.1) is 0 Å². The maximum atomic E-state index is 5.33. The highest BCUT2D eigenvalue weighted by atomic mass is 16.5. The van der Waals surface area contributed by atoms with Crippen LogP contribution in [0.3, 0.4) is 0 Å². The van der Waals surface area contributed by atoms with Gasteiger partial charge in [0.2, 0.25) is 0 Å². The molecule has 1 heterocycles. The second-order valence-electron chi connectivity index (χ2n) is 3.10. The summed E-state index contributed by atoms with van der Waals surface area (Å²) in [7, 11) is 1.67. The molecule has 0 unspecified atom stereocenters. The Hall–Kier alpha value is -1.13. The van der Waals surface area contributed by atoms with Crippen LogP contribution in [0.1, 0.15) is 6.42 Å². The van der Waals surface area contributed by atoms with Crippen molar-refractivity contribution in [2.45, 2.75) is 6.42 Å². The van der Waals surface area contributed by atoms with E-state index in [0.29, 0.717) is 13.2 Å². The molecule has 84 valence electrons. The first-order valence-electron chi connectivity index (χ1n) is 5.15. The average Bonchev–Trinajstić information content (AvgIpc) is 2.29. The first kappa shape index (κ1) is 11.9. The molecule has 0 atom stereocenters. The Morgan fingerprint density at radius 2 is 2.20 bits per heavy atom. The second kappa shape index (κ2) is 8.20. The highest BCUT2D eigenvalue weighted by Gasteiger charge is 1.91. The average molecular weight is 210 g/mol. The van der Waals surface area contributed by atoms with Gasteiger partial charge in [0.05, 0.1) is 13.2 Å². The van der Waals surface area contributed by atoms with Crippen molar-refractivity contribution < 1.29 is 9.47 Å². The molecule has 15 heavy (non-hydrogen) atoms. The minimum Gasteiger partial charge on any atom is -0.382 e.